The van der Waals surface area contributed by atoms with E-state index >= 15 is 0 Å². The molecule has 0 atom stereocenters. The molecule has 0 radical (unpaired) electrons. The van der Waals surface area contributed by atoms with E-state index in [1.165, 1.54) is 0 Å². The summed E-state index contributed by atoms with van der Waals surface area (Å²) < 4.78 is 5.37. The summed E-state index contributed by atoms with van der Waals surface area (Å²) in [4.78, 5) is 21.4. The first-order valence-corrected chi connectivity index (χ1v) is 6.96. The maximum absolute atomic E-state index is 11.7. The van der Waals surface area contributed by atoms with Gasteiger partial charge in [-0.1, -0.05) is 0 Å². The Hall–Kier alpha value is -2.83. The van der Waals surface area contributed by atoms with Crippen LogP contribution in [-0.2, 0) is 0 Å². The Morgan fingerprint density at radius 2 is 2.05 bits per heavy atom. The van der Waals surface area contributed by atoms with Crippen LogP contribution in [0.3, 0.4) is 0 Å². The molecule has 7 nitrogen and oxygen atoms in total. The predicted molar refractivity (Wildman–Crippen MR) is 85.4 cm³/mol. The fourth-order valence-corrected chi connectivity index (χ4v) is 1.82. The number of nitrogens with zero attached hydrogens (tertiary/aromatic N) is 1. The third kappa shape index (κ3) is 3.85. The zero-order chi connectivity index (χ0) is 16.1. The van der Waals surface area contributed by atoms with Crippen molar-refractivity contribution in [2.24, 2.45) is 5.73 Å². The minimum Gasteiger partial charge on any atom is -0.494 e. The van der Waals surface area contributed by atoms with Gasteiger partial charge in [0.2, 0.25) is 0 Å². The van der Waals surface area contributed by atoms with E-state index in [-0.39, 0.29) is 11.5 Å². The molecule has 0 amide bonds. The molecule has 5 N–H and O–H groups in total. The Kier molecular flexibility index (Phi) is 4.77. The number of hydrogen-bond acceptors (Lipinski definition) is 3. The summed E-state index contributed by atoms with van der Waals surface area (Å²) in [7, 11) is 0. The molecular formula is C15H20N5O2+. The second kappa shape index (κ2) is 6.75. The number of benzene rings is 1. The SMILES string of the molecule is CCOc1ccc(NC(N)=[NH+]c2nc(C)c(C)c(=O)[nH]2)cc1. The zero-order valence-corrected chi connectivity index (χ0v) is 12.9. The summed E-state index contributed by atoms with van der Waals surface area (Å²) in [5, 5.41) is 2.98. The minimum absolute atomic E-state index is 0.191. The number of aromatic amines is 1. The van der Waals surface area contributed by atoms with Gasteiger partial charge in [-0.25, -0.2) is 9.98 Å². The highest BCUT2D eigenvalue weighted by atomic mass is 16.5. The Morgan fingerprint density at radius 3 is 2.64 bits per heavy atom. The van der Waals surface area contributed by atoms with Crippen molar-refractivity contribution in [3.8, 4) is 5.75 Å². The summed E-state index contributed by atoms with van der Waals surface area (Å²) in [5.41, 5.74) is 7.71. The van der Waals surface area contributed by atoms with Crippen LogP contribution in [0, 0.1) is 13.8 Å². The van der Waals surface area contributed by atoms with Crippen LogP contribution in [0.15, 0.2) is 29.1 Å². The van der Waals surface area contributed by atoms with Crippen molar-refractivity contribution in [2.75, 3.05) is 11.9 Å². The van der Waals surface area contributed by atoms with Gasteiger partial charge in [-0.15, -0.1) is 4.98 Å². The number of hydrogen-bond donors (Lipinski definition) is 4. The van der Waals surface area contributed by atoms with Crippen molar-refractivity contribution < 1.29 is 9.73 Å². The number of guanidine groups is 1. The van der Waals surface area contributed by atoms with E-state index in [4.69, 9.17) is 10.5 Å². The molecule has 0 aliphatic carbocycles. The summed E-state index contributed by atoms with van der Waals surface area (Å²) in [6.07, 6.45) is 0. The van der Waals surface area contributed by atoms with Crippen molar-refractivity contribution in [1.82, 2.24) is 9.97 Å². The molecule has 0 spiro atoms. The lowest BCUT2D eigenvalue weighted by molar-refractivity contribution is -0.365. The van der Waals surface area contributed by atoms with E-state index in [1.54, 1.807) is 13.8 Å². The summed E-state index contributed by atoms with van der Waals surface area (Å²) in [6, 6.07) is 7.37. The number of aryl methyl sites for hydroxylation is 1. The summed E-state index contributed by atoms with van der Waals surface area (Å²) >= 11 is 0. The van der Waals surface area contributed by atoms with Crippen LogP contribution in [0.5, 0.6) is 5.75 Å². The van der Waals surface area contributed by atoms with E-state index in [1.807, 2.05) is 31.2 Å². The van der Waals surface area contributed by atoms with Crippen LogP contribution < -0.4 is 26.3 Å². The van der Waals surface area contributed by atoms with E-state index in [0.29, 0.717) is 23.8 Å². The molecule has 1 aromatic carbocycles. The van der Waals surface area contributed by atoms with Crippen molar-refractivity contribution >= 4 is 17.6 Å². The lowest BCUT2D eigenvalue weighted by Crippen LogP contribution is -2.73. The number of aromatic nitrogens is 2. The molecule has 0 aliphatic rings. The number of nitrogens with two attached hydrogens (primary N) is 1. The topological polar surface area (TPSA) is 107 Å². The number of H-pyrrole nitrogens is 1. The number of anilines is 1. The van der Waals surface area contributed by atoms with Crippen molar-refractivity contribution in [2.45, 2.75) is 20.8 Å². The fraction of sp³-hybridized carbons (Fsp3) is 0.267. The first-order valence-electron chi connectivity index (χ1n) is 6.96. The van der Waals surface area contributed by atoms with Crippen LogP contribution >= 0.6 is 0 Å². The standard InChI is InChI=1S/C15H19N5O2/c1-4-22-12-7-5-11(6-8-12)18-14(16)20-15-17-10(3)9(2)13(21)19-15/h5-8H,4H2,1-3H3,(H4,16,17,18,19,20,21)/p+1. The molecule has 0 bridgehead atoms. The van der Waals surface area contributed by atoms with Gasteiger partial charge >= 0.3 is 5.95 Å². The highest BCUT2D eigenvalue weighted by Gasteiger charge is 2.08. The highest BCUT2D eigenvalue weighted by Crippen LogP contribution is 2.14. The molecule has 2 rings (SSSR count). The van der Waals surface area contributed by atoms with Gasteiger partial charge in [-0.3, -0.25) is 10.1 Å². The van der Waals surface area contributed by atoms with Crippen molar-refractivity contribution in [3.05, 3.63) is 45.9 Å². The van der Waals surface area contributed by atoms with Gasteiger partial charge in [0.1, 0.15) is 5.75 Å². The van der Waals surface area contributed by atoms with Crippen LogP contribution in [0.4, 0.5) is 11.6 Å². The smallest absolute Gasteiger partial charge is 0.325 e. The van der Waals surface area contributed by atoms with E-state index in [2.05, 4.69) is 20.3 Å². The maximum Gasteiger partial charge on any atom is 0.325 e. The molecular weight excluding hydrogens is 282 g/mol. The summed E-state index contributed by atoms with van der Waals surface area (Å²) in [6.45, 7) is 6.04. The van der Waals surface area contributed by atoms with Gasteiger partial charge in [-0.2, -0.15) is 0 Å². The van der Waals surface area contributed by atoms with Gasteiger partial charge in [0, 0.05) is 0 Å². The summed E-state index contributed by atoms with van der Waals surface area (Å²) in [5.74, 6) is 1.35. The Bertz CT molecular complexity index is 735. The second-order valence-corrected chi connectivity index (χ2v) is 4.75. The van der Waals surface area contributed by atoms with E-state index in [0.717, 1.165) is 11.4 Å². The predicted octanol–water partition coefficient (Wildman–Crippen LogP) is -0.0757. The van der Waals surface area contributed by atoms with Gasteiger partial charge < -0.3 is 10.5 Å². The normalized spacial score (nSPS) is 11.3. The molecule has 0 fully saturated rings. The third-order valence-corrected chi connectivity index (χ3v) is 3.09. The largest absolute Gasteiger partial charge is 0.494 e. The quantitative estimate of drug-likeness (QED) is 0.467. The monoisotopic (exact) mass is 302 g/mol. The zero-order valence-electron chi connectivity index (χ0n) is 12.9. The van der Waals surface area contributed by atoms with E-state index < -0.39 is 0 Å². The van der Waals surface area contributed by atoms with Crippen LogP contribution in [0.2, 0.25) is 0 Å². The Labute approximate surface area is 128 Å². The average Bonchev–Trinajstić information content (AvgIpc) is 2.47. The fourth-order valence-electron chi connectivity index (χ4n) is 1.82. The van der Waals surface area contributed by atoms with Crippen molar-refractivity contribution in [1.29, 1.82) is 0 Å². The highest BCUT2D eigenvalue weighted by molar-refractivity contribution is 5.88. The maximum atomic E-state index is 11.7. The Morgan fingerprint density at radius 1 is 1.36 bits per heavy atom. The molecule has 22 heavy (non-hydrogen) atoms. The Balaban J connectivity index is 2.14. The van der Waals surface area contributed by atoms with Gasteiger partial charge in [0.15, 0.2) is 0 Å². The molecule has 0 saturated carbocycles. The minimum atomic E-state index is -0.191. The van der Waals surface area contributed by atoms with E-state index in [9.17, 15) is 4.79 Å². The molecule has 116 valence electrons. The van der Waals surface area contributed by atoms with Gasteiger partial charge in [0.25, 0.3) is 11.5 Å². The molecule has 0 saturated heterocycles. The number of ether oxygens (including phenoxy) is 1. The van der Waals surface area contributed by atoms with Gasteiger partial charge in [0.05, 0.1) is 23.6 Å². The van der Waals surface area contributed by atoms with Crippen LogP contribution in [0.25, 0.3) is 0 Å². The van der Waals surface area contributed by atoms with Crippen LogP contribution in [0.1, 0.15) is 18.2 Å². The molecule has 0 unspecified atom stereocenters. The molecule has 1 heterocycles. The number of nitrogens with one attached hydrogen (secondary N) is 3. The molecule has 2 aromatic rings. The first kappa shape index (κ1) is 15.6. The second-order valence-electron chi connectivity index (χ2n) is 4.75. The molecule has 1 aromatic heterocycles. The van der Waals surface area contributed by atoms with Crippen molar-refractivity contribution in [3.63, 3.8) is 0 Å². The average molecular weight is 302 g/mol. The molecule has 7 heteroatoms. The van der Waals surface area contributed by atoms with Gasteiger partial charge in [-0.05, 0) is 45.0 Å². The first-order chi connectivity index (χ1) is 10.5. The lowest BCUT2D eigenvalue weighted by atomic mass is 10.3. The molecule has 0 aliphatic heterocycles. The van der Waals surface area contributed by atoms with Crippen LogP contribution in [-0.4, -0.2) is 22.5 Å². The third-order valence-electron chi connectivity index (χ3n) is 3.09. The lowest BCUT2D eigenvalue weighted by Gasteiger charge is -2.05. The number of rotatable bonds is 4.